The summed E-state index contributed by atoms with van der Waals surface area (Å²) in [6.07, 6.45) is 10.2. The van der Waals surface area contributed by atoms with Crippen LogP contribution in [0.3, 0.4) is 0 Å². The predicted octanol–water partition coefficient (Wildman–Crippen LogP) is 2.38. The van der Waals surface area contributed by atoms with Crippen molar-refractivity contribution in [2.45, 2.75) is 57.4 Å². The molecular formula is C21H29N3O3. The first-order valence-electron chi connectivity index (χ1n) is 10.3. The molecule has 0 radical (unpaired) electrons. The lowest BCUT2D eigenvalue weighted by Gasteiger charge is -2.44. The third kappa shape index (κ3) is 3.19. The Balaban J connectivity index is 1.47. The summed E-state index contributed by atoms with van der Waals surface area (Å²) in [5.41, 5.74) is -0.0698. The third-order valence-corrected chi connectivity index (χ3v) is 6.80. The summed E-state index contributed by atoms with van der Waals surface area (Å²) in [5, 5.41) is 0. The first kappa shape index (κ1) is 18.3. The van der Waals surface area contributed by atoms with Crippen molar-refractivity contribution in [2.24, 2.45) is 12.5 Å². The molecule has 1 unspecified atom stereocenters. The average Bonchev–Trinajstić information content (AvgIpc) is 3.31. The van der Waals surface area contributed by atoms with Gasteiger partial charge in [-0.15, -0.1) is 0 Å². The minimum Gasteiger partial charge on any atom is -0.348 e. The fourth-order valence-electron chi connectivity index (χ4n) is 5.22. The molecule has 1 aliphatic carbocycles. The SMILES string of the molecule is Cn1cccc1C(=O)C(=O)N1CCC2(CCCN(C3CCCCC3)C2=O)C1. The predicted molar refractivity (Wildman–Crippen MR) is 101 cm³/mol. The molecule has 0 N–H and O–H groups in total. The maximum absolute atomic E-state index is 13.4. The Kier molecular flexibility index (Phi) is 4.82. The number of nitrogens with zero attached hydrogens (tertiary/aromatic N) is 3. The maximum atomic E-state index is 13.4. The summed E-state index contributed by atoms with van der Waals surface area (Å²) in [4.78, 5) is 42.4. The van der Waals surface area contributed by atoms with Crippen LogP contribution in [0.15, 0.2) is 18.3 Å². The molecule has 2 saturated heterocycles. The lowest BCUT2D eigenvalue weighted by molar-refractivity contribution is -0.149. The minimum absolute atomic E-state index is 0.224. The van der Waals surface area contributed by atoms with Gasteiger partial charge < -0.3 is 14.4 Å². The number of amides is 2. The number of aromatic nitrogens is 1. The average molecular weight is 371 g/mol. The van der Waals surface area contributed by atoms with E-state index in [1.165, 1.54) is 19.3 Å². The fraction of sp³-hybridized carbons (Fsp3) is 0.667. The van der Waals surface area contributed by atoms with Gasteiger partial charge in [0.1, 0.15) is 0 Å². The molecule has 27 heavy (non-hydrogen) atoms. The van der Waals surface area contributed by atoms with Crippen LogP contribution in [0.25, 0.3) is 0 Å². The molecule has 146 valence electrons. The lowest BCUT2D eigenvalue weighted by atomic mass is 9.77. The lowest BCUT2D eigenvalue weighted by Crippen LogP contribution is -2.54. The molecule has 6 heteroatoms. The first-order chi connectivity index (χ1) is 13.0. The van der Waals surface area contributed by atoms with E-state index in [0.29, 0.717) is 31.2 Å². The van der Waals surface area contributed by atoms with Crippen LogP contribution in [-0.2, 0) is 16.6 Å². The van der Waals surface area contributed by atoms with Crippen LogP contribution in [0.4, 0.5) is 0 Å². The van der Waals surface area contributed by atoms with Crippen LogP contribution in [0.2, 0.25) is 0 Å². The van der Waals surface area contributed by atoms with Crippen molar-refractivity contribution < 1.29 is 14.4 Å². The zero-order valence-corrected chi connectivity index (χ0v) is 16.2. The number of aryl methyl sites for hydroxylation is 1. The highest BCUT2D eigenvalue weighted by Crippen LogP contribution is 2.42. The Hall–Kier alpha value is -2.11. The van der Waals surface area contributed by atoms with Crippen molar-refractivity contribution in [3.63, 3.8) is 0 Å². The molecule has 3 fully saturated rings. The number of Topliss-reactive ketones (excluding diaryl/α,β-unsaturated/α-hetero) is 1. The second kappa shape index (κ2) is 7.13. The molecule has 1 saturated carbocycles. The molecule has 4 rings (SSSR count). The molecule has 0 aromatic carbocycles. The Bertz CT molecular complexity index is 750. The summed E-state index contributed by atoms with van der Waals surface area (Å²) in [7, 11) is 1.76. The number of piperidine rings is 1. The highest BCUT2D eigenvalue weighted by Gasteiger charge is 2.51. The van der Waals surface area contributed by atoms with Crippen LogP contribution in [0, 0.1) is 5.41 Å². The Morgan fingerprint density at radius 3 is 2.56 bits per heavy atom. The van der Waals surface area contributed by atoms with E-state index < -0.39 is 17.1 Å². The molecule has 6 nitrogen and oxygen atoms in total. The summed E-state index contributed by atoms with van der Waals surface area (Å²) in [6.45, 7) is 1.74. The summed E-state index contributed by atoms with van der Waals surface area (Å²) >= 11 is 0. The number of carbonyl (C=O) groups excluding carboxylic acids is 3. The number of rotatable bonds is 3. The van der Waals surface area contributed by atoms with Crippen LogP contribution >= 0.6 is 0 Å². The van der Waals surface area contributed by atoms with E-state index in [1.807, 2.05) is 0 Å². The largest absolute Gasteiger partial charge is 0.348 e. The van der Waals surface area contributed by atoms with E-state index in [0.717, 1.165) is 32.2 Å². The maximum Gasteiger partial charge on any atom is 0.296 e. The van der Waals surface area contributed by atoms with Gasteiger partial charge in [-0.2, -0.15) is 0 Å². The van der Waals surface area contributed by atoms with Crippen LogP contribution < -0.4 is 0 Å². The van der Waals surface area contributed by atoms with E-state index in [-0.39, 0.29) is 5.91 Å². The molecule has 1 spiro atoms. The van der Waals surface area contributed by atoms with Gasteiger partial charge >= 0.3 is 0 Å². The monoisotopic (exact) mass is 371 g/mol. The molecule has 2 aliphatic heterocycles. The number of hydrogen-bond donors (Lipinski definition) is 0. The summed E-state index contributed by atoms with van der Waals surface area (Å²) in [5.74, 6) is -0.731. The topological polar surface area (TPSA) is 62.6 Å². The number of ketones is 1. The van der Waals surface area contributed by atoms with E-state index in [1.54, 1.807) is 34.8 Å². The molecule has 1 aromatic rings. The highest BCUT2D eigenvalue weighted by atomic mass is 16.2. The van der Waals surface area contributed by atoms with E-state index in [4.69, 9.17) is 0 Å². The third-order valence-electron chi connectivity index (χ3n) is 6.80. The Morgan fingerprint density at radius 1 is 1.07 bits per heavy atom. The van der Waals surface area contributed by atoms with Crippen molar-refractivity contribution in [3.8, 4) is 0 Å². The first-order valence-corrected chi connectivity index (χ1v) is 10.3. The molecule has 1 aromatic heterocycles. The van der Waals surface area contributed by atoms with E-state index in [2.05, 4.69) is 4.90 Å². The fourth-order valence-corrected chi connectivity index (χ4v) is 5.22. The van der Waals surface area contributed by atoms with Gasteiger partial charge in [0.2, 0.25) is 5.91 Å². The smallest absolute Gasteiger partial charge is 0.296 e. The van der Waals surface area contributed by atoms with Gasteiger partial charge in [-0.25, -0.2) is 0 Å². The van der Waals surface area contributed by atoms with Crippen molar-refractivity contribution in [1.29, 1.82) is 0 Å². The quantitative estimate of drug-likeness (QED) is 0.605. The zero-order valence-electron chi connectivity index (χ0n) is 16.2. The second-order valence-corrected chi connectivity index (χ2v) is 8.48. The summed E-state index contributed by atoms with van der Waals surface area (Å²) < 4.78 is 1.67. The van der Waals surface area contributed by atoms with Crippen molar-refractivity contribution in [3.05, 3.63) is 24.0 Å². The number of likely N-dealkylation sites (tertiary alicyclic amines) is 2. The normalized spacial score (nSPS) is 26.8. The van der Waals surface area contributed by atoms with Gasteiger partial charge in [0.05, 0.1) is 11.1 Å². The van der Waals surface area contributed by atoms with Crippen molar-refractivity contribution >= 4 is 17.6 Å². The Labute approximate surface area is 160 Å². The van der Waals surface area contributed by atoms with E-state index in [9.17, 15) is 14.4 Å². The Morgan fingerprint density at radius 2 is 1.85 bits per heavy atom. The molecular weight excluding hydrogens is 342 g/mol. The van der Waals surface area contributed by atoms with Gasteiger partial charge in [0.15, 0.2) is 0 Å². The van der Waals surface area contributed by atoms with Gasteiger partial charge in [-0.1, -0.05) is 19.3 Å². The number of carbonyl (C=O) groups is 3. The van der Waals surface area contributed by atoms with Gasteiger partial charge in [0.25, 0.3) is 11.7 Å². The molecule has 3 heterocycles. The minimum atomic E-state index is -0.480. The standard InChI is InChI=1S/C21H29N3O3/c1-22-12-5-9-17(22)18(25)19(26)23-14-11-21(15-23)10-6-13-24(20(21)27)16-7-3-2-4-8-16/h5,9,12,16H,2-4,6-8,10-11,13-15H2,1H3. The van der Waals surface area contributed by atoms with Crippen LogP contribution in [0.5, 0.6) is 0 Å². The zero-order chi connectivity index (χ0) is 19.0. The molecule has 2 amide bonds. The van der Waals surface area contributed by atoms with Gasteiger partial charge in [-0.05, 0) is 44.2 Å². The molecule has 3 aliphatic rings. The van der Waals surface area contributed by atoms with Crippen LogP contribution in [0.1, 0.15) is 61.9 Å². The van der Waals surface area contributed by atoms with E-state index >= 15 is 0 Å². The van der Waals surface area contributed by atoms with Crippen LogP contribution in [-0.4, -0.2) is 57.6 Å². The highest BCUT2D eigenvalue weighted by molar-refractivity contribution is 6.42. The second-order valence-electron chi connectivity index (χ2n) is 8.48. The van der Waals surface area contributed by atoms with Crippen molar-refractivity contribution in [1.82, 2.24) is 14.4 Å². The molecule has 0 bridgehead atoms. The van der Waals surface area contributed by atoms with Crippen molar-refractivity contribution in [2.75, 3.05) is 19.6 Å². The summed E-state index contributed by atoms with van der Waals surface area (Å²) in [6, 6.07) is 3.81. The number of hydrogen-bond acceptors (Lipinski definition) is 3. The molecule has 1 atom stereocenters. The van der Waals surface area contributed by atoms with Gasteiger partial charge in [0, 0.05) is 38.9 Å². The van der Waals surface area contributed by atoms with Gasteiger partial charge in [-0.3, -0.25) is 14.4 Å².